The van der Waals surface area contributed by atoms with E-state index >= 15 is 4.39 Å². The lowest BCUT2D eigenvalue weighted by Gasteiger charge is -2.43. The molecule has 46 heavy (non-hydrogen) atoms. The van der Waals surface area contributed by atoms with Gasteiger partial charge in [-0.2, -0.15) is 5.26 Å². The highest BCUT2D eigenvalue weighted by Gasteiger charge is 2.50. The summed E-state index contributed by atoms with van der Waals surface area (Å²) in [6.07, 6.45) is 5.13. The fourth-order valence-corrected chi connectivity index (χ4v) is 6.60. The number of amides is 3. The number of anilines is 2. The van der Waals surface area contributed by atoms with E-state index in [4.69, 9.17) is 11.6 Å². The summed E-state index contributed by atoms with van der Waals surface area (Å²) in [6, 6.07) is 4.67. The molecule has 242 valence electrons. The Hall–Kier alpha value is -4.21. The van der Waals surface area contributed by atoms with Crippen molar-refractivity contribution < 1.29 is 32.7 Å². The van der Waals surface area contributed by atoms with Gasteiger partial charge in [0.2, 0.25) is 11.8 Å². The molecule has 2 aromatic rings. The monoisotopic (exact) mass is 655 g/mol. The molecule has 0 bridgehead atoms. The molecular formula is C33H33ClF3N5O4. The van der Waals surface area contributed by atoms with Crippen LogP contribution < -0.4 is 15.1 Å². The topological polar surface area (TPSA) is 127 Å². The summed E-state index contributed by atoms with van der Waals surface area (Å²) in [5.74, 6) is -7.08. The van der Waals surface area contributed by atoms with Gasteiger partial charge in [-0.3, -0.25) is 24.2 Å². The maximum absolute atomic E-state index is 15.3. The van der Waals surface area contributed by atoms with Crippen LogP contribution >= 0.6 is 11.6 Å². The Bertz CT molecular complexity index is 1660. The van der Waals surface area contributed by atoms with Crippen LogP contribution in [-0.4, -0.2) is 51.9 Å². The van der Waals surface area contributed by atoms with Crippen LogP contribution in [0.2, 0.25) is 0 Å². The highest BCUT2D eigenvalue weighted by Crippen LogP contribution is 2.41. The van der Waals surface area contributed by atoms with E-state index < -0.39 is 77.9 Å². The fourth-order valence-electron chi connectivity index (χ4n) is 6.21. The van der Waals surface area contributed by atoms with Crippen LogP contribution in [0.25, 0.3) is 0 Å². The number of hydrogen-bond acceptors (Lipinski definition) is 6. The highest BCUT2D eigenvalue weighted by molar-refractivity contribution is 6.30. The Morgan fingerprint density at radius 2 is 1.98 bits per heavy atom. The lowest BCUT2D eigenvalue weighted by atomic mass is 9.81. The van der Waals surface area contributed by atoms with Gasteiger partial charge >= 0.3 is 0 Å². The number of alkyl halides is 2. The molecule has 0 radical (unpaired) electrons. The number of halogens is 4. The number of nitriles is 1. The van der Waals surface area contributed by atoms with Crippen LogP contribution in [0.4, 0.5) is 24.7 Å². The van der Waals surface area contributed by atoms with Crippen LogP contribution in [0.1, 0.15) is 57.6 Å². The maximum Gasteiger partial charge on any atom is 0.252 e. The predicted molar refractivity (Wildman–Crippen MR) is 164 cm³/mol. The normalized spacial score (nSPS) is 23.3. The standard InChI is InChI=1S/C33H33ClF3N5O4/c1-18-5-4-6-24(34)28(18)29(30(44)40-22-15-33(36,37)16-22)41(23-13-20(32(2,3)46)12-21(35)14-23)31(45)25-7-8-27(43)42(25)26-11-19(17-38)9-10-39-26/h4-6,9-14,18,22,25,28-29,46H,7-8,15-16H2,1-3H3,(H,40,44)/t18?,25-,28?,29-/m0/s1. The Morgan fingerprint density at radius 3 is 2.61 bits per heavy atom. The number of nitrogens with zero attached hydrogens (tertiary/aromatic N) is 4. The highest BCUT2D eigenvalue weighted by atomic mass is 35.5. The first-order valence-corrected chi connectivity index (χ1v) is 15.2. The molecule has 3 aliphatic rings. The van der Waals surface area contributed by atoms with Gasteiger partial charge in [0.1, 0.15) is 23.7 Å². The van der Waals surface area contributed by atoms with Crippen LogP contribution in [0.3, 0.4) is 0 Å². The van der Waals surface area contributed by atoms with Crippen molar-refractivity contribution in [1.82, 2.24) is 10.3 Å². The molecule has 1 aliphatic heterocycles. The van der Waals surface area contributed by atoms with E-state index in [-0.39, 0.29) is 40.5 Å². The number of nitrogens with one attached hydrogen (secondary N) is 1. The molecule has 5 rings (SSSR count). The summed E-state index contributed by atoms with van der Waals surface area (Å²) in [6.45, 7) is 4.63. The molecule has 3 amide bonds. The second-order valence-corrected chi connectivity index (χ2v) is 13.0. The van der Waals surface area contributed by atoms with Crippen LogP contribution in [-0.2, 0) is 20.0 Å². The largest absolute Gasteiger partial charge is 0.386 e. The number of hydrogen-bond donors (Lipinski definition) is 2. The van der Waals surface area contributed by atoms with Crippen LogP contribution in [0.15, 0.2) is 59.8 Å². The average molecular weight is 656 g/mol. The van der Waals surface area contributed by atoms with E-state index in [9.17, 15) is 33.5 Å². The average Bonchev–Trinajstić information content (AvgIpc) is 3.35. The molecule has 9 nitrogen and oxygen atoms in total. The second-order valence-electron chi connectivity index (χ2n) is 12.5. The molecule has 0 spiro atoms. The third-order valence-electron chi connectivity index (χ3n) is 8.60. The molecule has 2 heterocycles. The quantitative estimate of drug-likeness (QED) is 0.409. The summed E-state index contributed by atoms with van der Waals surface area (Å²) in [4.78, 5) is 48.7. The summed E-state index contributed by atoms with van der Waals surface area (Å²) in [5, 5.41) is 23.1. The molecule has 2 N–H and O–H groups in total. The van der Waals surface area contributed by atoms with Crippen molar-refractivity contribution in [2.75, 3.05) is 9.80 Å². The Morgan fingerprint density at radius 1 is 1.26 bits per heavy atom. The number of benzene rings is 1. The van der Waals surface area contributed by atoms with Crippen molar-refractivity contribution in [3.05, 3.63) is 76.7 Å². The van der Waals surface area contributed by atoms with E-state index in [2.05, 4.69) is 10.3 Å². The van der Waals surface area contributed by atoms with Gasteiger partial charge in [0, 0.05) is 48.1 Å². The van der Waals surface area contributed by atoms with Crippen molar-refractivity contribution in [3.63, 3.8) is 0 Å². The molecule has 13 heteroatoms. The van der Waals surface area contributed by atoms with E-state index in [1.165, 1.54) is 38.2 Å². The maximum atomic E-state index is 15.3. The third-order valence-corrected chi connectivity index (χ3v) is 8.98. The van der Waals surface area contributed by atoms with Gasteiger partial charge in [-0.25, -0.2) is 18.2 Å². The zero-order valence-corrected chi connectivity index (χ0v) is 26.1. The van der Waals surface area contributed by atoms with Gasteiger partial charge < -0.3 is 10.4 Å². The molecule has 1 saturated heterocycles. The predicted octanol–water partition coefficient (Wildman–Crippen LogP) is 5.08. The van der Waals surface area contributed by atoms with Crippen molar-refractivity contribution in [3.8, 4) is 6.07 Å². The smallest absolute Gasteiger partial charge is 0.252 e. The lowest BCUT2D eigenvalue weighted by molar-refractivity contribution is -0.134. The van der Waals surface area contributed by atoms with E-state index in [0.29, 0.717) is 0 Å². The summed E-state index contributed by atoms with van der Waals surface area (Å²) in [5.41, 5.74) is -1.37. The number of pyridine rings is 1. The van der Waals surface area contributed by atoms with Gasteiger partial charge in [0.15, 0.2) is 0 Å². The number of allylic oxidation sites excluding steroid dienone is 3. The first-order valence-electron chi connectivity index (χ1n) is 14.9. The Kier molecular flexibility index (Phi) is 9.03. The fraction of sp³-hybridized carbons (Fsp3) is 0.424. The van der Waals surface area contributed by atoms with Crippen LogP contribution in [0, 0.1) is 29.0 Å². The molecule has 1 aromatic carbocycles. The Balaban J connectivity index is 1.67. The minimum atomic E-state index is -2.94. The number of carbonyl (C=O) groups is 3. The lowest BCUT2D eigenvalue weighted by Crippen LogP contribution is -2.62. The molecule has 4 atom stereocenters. The van der Waals surface area contributed by atoms with E-state index in [1.54, 1.807) is 25.2 Å². The minimum Gasteiger partial charge on any atom is -0.386 e. The first-order chi connectivity index (χ1) is 21.6. The molecular weight excluding hydrogens is 623 g/mol. The zero-order valence-electron chi connectivity index (χ0n) is 25.4. The van der Waals surface area contributed by atoms with Crippen molar-refractivity contribution in [1.29, 1.82) is 5.26 Å². The molecule has 1 aromatic heterocycles. The molecule has 1 saturated carbocycles. The number of aliphatic hydroxyl groups is 1. The summed E-state index contributed by atoms with van der Waals surface area (Å²) in [7, 11) is 0. The molecule has 2 unspecified atom stereocenters. The van der Waals surface area contributed by atoms with Gasteiger partial charge in [0.05, 0.1) is 17.2 Å². The van der Waals surface area contributed by atoms with Crippen molar-refractivity contribution in [2.24, 2.45) is 11.8 Å². The summed E-state index contributed by atoms with van der Waals surface area (Å²) < 4.78 is 42.9. The SMILES string of the molecule is CC1C=CC=C(Cl)C1[C@@H](C(=O)NC1CC(F)(F)C1)N(C(=O)[C@@H]1CCC(=O)N1c1cc(C#N)ccn1)c1cc(F)cc(C(C)(C)O)c1. The van der Waals surface area contributed by atoms with Gasteiger partial charge in [-0.1, -0.05) is 30.7 Å². The molecule has 2 fully saturated rings. The number of rotatable bonds is 8. The minimum absolute atomic E-state index is 0.00712. The van der Waals surface area contributed by atoms with E-state index in [1.807, 2.05) is 6.07 Å². The number of carbonyl (C=O) groups excluding carboxylic acids is 3. The number of aromatic nitrogens is 1. The molecule has 2 aliphatic carbocycles. The second kappa shape index (κ2) is 12.5. The summed E-state index contributed by atoms with van der Waals surface area (Å²) >= 11 is 6.71. The van der Waals surface area contributed by atoms with Gasteiger partial charge in [0.25, 0.3) is 11.8 Å². The zero-order chi connectivity index (χ0) is 33.6. The van der Waals surface area contributed by atoms with Crippen molar-refractivity contribution in [2.45, 2.75) is 76.1 Å². The van der Waals surface area contributed by atoms with Crippen molar-refractivity contribution >= 4 is 40.8 Å². The van der Waals surface area contributed by atoms with Gasteiger partial charge in [-0.15, -0.1) is 0 Å². The third kappa shape index (κ3) is 6.66. The first kappa shape index (κ1) is 33.2. The van der Waals surface area contributed by atoms with E-state index in [0.717, 1.165) is 21.9 Å². The van der Waals surface area contributed by atoms with Gasteiger partial charge in [-0.05, 0) is 68.2 Å². The Labute approximate surface area is 269 Å². The van der Waals surface area contributed by atoms with Crippen LogP contribution in [0.5, 0.6) is 0 Å².